The number of nitrogens with zero attached hydrogens (tertiary/aromatic N) is 2. The highest BCUT2D eigenvalue weighted by atomic mass is 15.3. The summed E-state index contributed by atoms with van der Waals surface area (Å²) in [6, 6.07) is 9.44. The lowest BCUT2D eigenvalue weighted by Crippen LogP contribution is -2.36. The number of aliphatic imine (C=N–C) groups is 1. The van der Waals surface area contributed by atoms with Gasteiger partial charge < -0.3 is 5.73 Å². The molecule has 1 aromatic carbocycles. The van der Waals surface area contributed by atoms with Gasteiger partial charge in [-0.25, -0.2) is 10.8 Å². The van der Waals surface area contributed by atoms with Gasteiger partial charge in [0.15, 0.2) is 0 Å². The maximum absolute atomic E-state index is 5.49. The van der Waals surface area contributed by atoms with Crippen LogP contribution in [0.5, 0.6) is 0 Å². The molecule has 0 fully saturated rings. The van der Waals surface area contributed by atoms with Crippen LogP contribution in [0.25, 0.3) is 10.9 Å². The number of hydrogen-bond donors (Lipinski definition) is 3. The van der Waals surface area contributed by atoms with Crippen molar-refractivity contribution in [3.05, 3.63) is 36.5 Å². The molecule has 2 aromatic rings. The lowest BCUT2D eigenvalue weighted by atomic mass is 10.2. The fourth-order valence-electron chi connectivity index (χ4n) is 1.35. The van der Waals surface area contributed by atoms with Crippen molar-refractivity contribution in [3.63, 3.8) is 0 Å². The topological polar surface area (TPSA) is 89.3 Å². The molecule has 5 N–H and O–H groups in total. The number of guanidine groups is 1. The van der Waals surface area contributed by atoms with Crippen LogP contribution in [0, 0.1) is 0 Å². The van der Waals surface area contributed by atoms with Crippen molar-refractivity contribution in [1.29, 1.82) is 0 Å². The Morgan fingerprint density at radius 2 is 2.13 bits per heavy atom. The Morgan fingerprint density at radius 3 is 2.93 bits per heavy atom. The van der Waals surface area contributed by atoms with Crippen molar-refractivity contribution in [3.8, 4) is 0 Å². The summed E-state index contributed by atoms with van der Waals surface area (Å²) in [7, 11) is 0. The van der Waals surface area contributed by atoms with Crippen LogP contribution in [0.2, 0.25) is 0 Å². The number of hydrazine groups is 1. The van der Waals surface area contributed by atoms with Gasteiger partial charge in [-0.15, -0.1) is 0 Å². The molecule has 0 aliphatic rings. The Morgan fingerprint density at radius 1 is 1.27 bits per heavy atom. The average molecular weight is 201 g/mol. The van der Waals surface area contributed by atoms with Crippen LogP contribution in [0.1, 0.15) is 0 Å². The van der Waals surface area contributed by atoms with Gasteiger partial charge in [-0.3, -0.25) is 10.4 Å². The highest BCUT2D eigenvalue weighted by Crippen LogP contribution is 2.23. The van der Waals surface area contributed by atoms with Gasteiger partial charge in [-0.05, 0) is 24.3 Å². The van der Waals surface area contributed by atoms with Crippen molar-refractivity contribution < 1.29 is 0 Å². The lowest BCUT2D eigenvalue weighted by Gasteiger charge is -2.02. The number of aromatic nitrogens is 1. The quantitative estimate of drug-likeness (QED) is 0.273. The van der Waals surface area contributed by atoms with E-state index in [-0.39, 0.29) is 5.96 Å². The monoisotopic (exact) mass is 201 g/mol. The Bertz CT molecular complexity index is 501. The van der Waals surface area contributed by atoms with Gasteiger partial charge in [0.2, 0.25) is 5.96 Å². The molecule has 0 atom stereocenters. The fraction of sp³-hybridized carbons (Fsp3) is 0. The van der Waals surface area contributed by atoms with Gasteiger partial charge in [-0.1, -0.05) is 6.07 Å². The molecule has 15 heavy (non-hydrogen) atoms. The highest BCUT2D eigenvalue weighted by Gasteiger charge is 1.99. The Kier molecular flexibility index (Phi) is 2.47. The van der Waals surface area contributed by atoms with Gasteiger partial charge in [-0.2, -0.15) is 0 Å². The van der Waals surface area contributed by atoms with Crippen molar-refractivity contribution in [2.45, 2.75) is 0 Å². The summed E-state index contributed by atoms with van der Waals surface area (Å²) in [6.45, 7) is 0. The molecule has 2 rings (SSSR count). The van der Waals surface area contributed by atoms with E-state index >= 15 is 0 Å². The van der Waals surface area contributed by atoms with Crippen LogP contribution in [-0.4, -0.2) is 10.9 Å². The summed E-state index contributed by atoms with van der Waals surface area (Å²) < 4.78 is 0. The first kappa shape index (κ1) is 9.42. The van der Waals surface area contributed by atoms with Crippen LogP contribution in [0.4, 0.5) is 5.69 Å². The maximum atomic E-state index is 5.49. The van der Waals surface area contributed by atoms with Crippen molar-refractivity contribution >= 4 is 22.5 Å². The third-order valence-corrected chi connectivity index (χ3v) is 2.01. The minimum atomic E-state index is 0.173. The molecule has 1 heterocycles. The zero-order chi connectivity index (χ0) is 10.7. The summed E-state index contributed by atoms with van der Waals surface area (Å²) >= 11 is 0. The fourth-order valence-corrected chi connectivity index (χ4v) is 1.35. The van der Waals surface area contributed by atoms with E-state index in [1.807, 2.05) is 30.3 Å². The molecule has 0 aliphatic carbocycles. The number of benzene rings is 1. The molecule has 0 spiro atoms. The van der Waals surface area contributed by atoms with Crippen LogP contribution >= 0.6 is 0 Å². The number of nitrogens with one attached hydrogen (secondary N) is 1. The number of hydrogen-bond acceptors (Lipinski definition) is 3. The molecule has 0 unspecified atom stereocenters. The summed E-state index contributed by atoms with van der Waals surface area (Å²) in [6.07, 6.45) is 1.74. The van der Waals surface area contributed by atoms with Crippen LogP contribution < -0.4 is 17.0 Å². The SMILES string of the molecule is NNC(N)=Nc1cccc2ncccc12. The van der Waals surface area contributed by atoms with Crippen molar-refractivity contribution in [2.24, 2.45) is 16.6 Å². The number of fused-ring (bicyclic) bond motifs is 1. The second-order valence-electron chi connectivity index (χ2n) is 2.99. The summed E-state index contributed by atoms with van der Waals surface area (Å²) in [5.41, 5.74) is 9.40. The molecule has 0 amide bonds. The summed E-state index contributed by atoms with van der Waals surface area (Å²) in [5.74, 6) is 5.32. The van der Waals surface area contributed by atoms with Gasteiger partial charge in [0, 0.05) is 11.6 Å². The maximum Gasteiger partial charge on any atom is 0.208 e. The van der Waals surface area contributed by atoms with Crippen molar-refractivity contribution in [2.75, 3.05) is 0 Å². The summed E-state index contributed by atoms with van der Waals surface area (Å²) in [4.78, 5) is 8.34. The largest absolute Gasteiger partial charge is 0.369 e. The van der Waals surface area contributed by atoms with E-state index in [0.29, 0.717) is 0 Å². The molecule has 0 bridgehead atoms. The zero-order valence-corrected chi connectivity index (χ0v) is 8.01. The van der Waals surface area contributed by atoms with E-state index in [2.05, 4.69) is 15.4 Å². The molecule has 76 valence electrons. The Labute approximate surface area is 86.8 Å². The minimum absolute atomic E-state index is 0.173. The number of nitrogens with two attached hydrogens (primary N) is 2. The van der Waals surface area contributed by atoms with E-state index in [0.717, 1.165) is 16.6 Å². The molecular formula is C10H11N5. The lowest BCUT2D eigenvalue weighted by molar-refractivity contribution is 1.01. The molecule has 0 saturated heterocycles. The van der Waals surface area contributed by atoms with Gasteiger partial charge in [0.1, 0.15) is 0 Å². The van der Waals surface area contributed by atoms with Crippen LogP contribution in [-0.2, 0) is 0 Å². The molecule has 0 saturated carbocycles. The van der Waals surface area contributed by atoms with E-state index in [1.54, 1.807) is 6.20 Å². The van der Waals surface area contributed by atoms with Crippen LogP contribution in [0.3, 0.4) is 0 Å². The van der Waals surface area contributed by atoms with E-state index in [4.69, 9.17) is 11.6 Å². The zero-order valence-electron chi connectivity index (χ0n) is 8.01. The van der Waals surface area contributed by atoms with Gasteiger partial charge in [0.25, 0.3) is 0 Å². The van der Waals surface area contributed by atoms with Gasteiger partial charge >= 0.3 is 0 Å². The predicted molar refractivity (Wildman–Crippen MR) is 60.3 cm³/mol. The normalized spacial score (nSPS) is 11.7. The second-order valence-corrected chi connectivity index (χ2v) is 2.99. The Balaban J connectivity index is 2.61. The first-order valence-corrected chi connectivity index (χ1v) is 4.46. The first-order chi connectivity index (χ1) is 7.31. The minimum Gasteiger partial charge on any atom is -0.369 e. The molecule has 0 radical (unpaired) electrons. The van der Waals surface area contributed by atoms with E-state index in [1.165, 1.54) is 0 Å². The summed E-state index contributed by atoms with van der Waals surface area (Å²) in [5, 5.41) is 0.943. The number of pyridine rings is 1. The van der Waals surface area contributed by atoms with Crippen LogP contribution in [0.15, 0.2) is 41.5 Å². The third-order valence-electron chi connectivity index (χ3n) is 2.01. The molecule has 0 aliphatic heterocycles. The highest BCUT2D eigenvalue weighted by molar-refractivity contribution is 5.93. The second kappa shape index (κ2) is 3.93. The molecule has 1 aromatic heterocycles. The third kappa shape index (κ3) is 1.87. The standard InChI is InChI=1S/C10H11N5/c11-10(15-12)14-9-5-1-4-8-7(9)3-2-6-13-8/h1-6H,12H2,(H3,11,14,15). The van der Waals surface area contributed by atoms with E-state index in [9.17, 15) is 0 Å². The first-order valence-electron chi connectivity index (χ1n) is 4.46. The smallest absolute Gasteiger partial charge is 0.208 e. The Hall–Kier alpha value is -2.14. The number of rotatable bonds is 1. The molecule has 5 heteroatoms. The van der Waals surface area contributed by atoms with E-state index < -0.39 is 0 Å². The van der Waals surface area contributed by atoms with Crippen molar-refractivity contribution in [1.82, 2.24) is 10.4 Å². The van der Waals surface area contributed by atoms with Gasteiger partial charge in [0.05, 0.1) is 11.2 Å². The predicted octanol–water partition coefficient (Wildman–Crippen LogP) is 0.644. The molecular weight excluding hydrogens is 190 g/mol. The molecule has 5 nitrogen and oxygen atoms in total. The average Bonchev–Trinajstić information content (AvgIpc) is 2.29.